The van der Waals surface area contributed by atoms with Gasteiger partial charge in [0.25, 0.3) is 7.82 Å². The van der Waals surface area contributed by atoms with Crippen molar-refractivity contribution in [2.24, 2.45) is 0 Å². The summed E-state index contributed by atoms with van der Waals surface area (Å²) in [6.45, 7) is 2.54. The quantitative estimate of drug-likeness (QED) is 0.101. The van der Waals surface area contributed by atoms with Crippen LogP contribution < -0.4 is 4.89 Å². The predicted molar refractivity (Wildman–Crippen MR) is 136 cm³/mol. The molecule has 0 radical (unpaired) electrons. The minimum Gasteiger partial charge on any atom is -0.756 e. The Morgan fingerprint density at radius 2 is 1.12 bits per heavy atom. The Morgan fingerprint density at radius 3 is 1.55 bits per heavy atom. The average Bonchev–Trinajstić information content (AvgIpc) is 2.92. The normalized spacial score (nSPS) is 25.9. The minimum absolute atomic E-state index is 0.192. The summed E-state index contributed by atoms with van der Waals surface area (Å²) in [6.07, 6.45) is 24.8. The summed E-state index contributed by atoms with van der Waals surface area (Å²) in [5.74, 6) is 0. The molecule has 5 nitrogen and oxygen atoms in total. The maximum atomic E-state index is 12.2. The van der Waals surface area contributed by atoms with Gasteiger partial charge in [-0.15, -0.1) is 0 Å². The second-order valence-corrected chi connectivity index (χ2v) is 12.7. The Kier molecular flexibility index (Phi) is 14.2. The Bertz CT molecular complexity index is 540. The summed E-state index contributed by atoms with van der Waals surface area (Å²) in [4.78, 5) is 12.2. The van der Waals surface area contributed by atoms with Crippen LogP contribution in [0.5, 0.6) is 0 Å². The van der Waals surface area contributed by atoms with Gasteiger partial charge >= 0.3 is 0 Å². The lowest BCUT2D eigenvalue weighted by Gasteiger charge is -2.44. The van der Waals surface area contributed by atoms with Gasteiger partial charge in [0.2, 0.25) is 0 Å². The number of quaternary nitrogens is 1. The number of piperidine rings is 1. The van der Waals surface area contributed by atoms with E-state index < -0.39 is 7.82 Å². The van der Waals surface area contributed by atoms with Gasteiger partial charge in [-0.1, -0.05) is 103 Å². The van der Waals surface area contributed by atoms with Crippen molar-refractivity contribution in [2.75, 3.05) is 20.7 Å². The van der Waals surface area contributed by atoms with Crippen LogP contribution in [0.3, 0.4) is 0 Å². The van der Waals surface area contributed by atoms with Gasteiger partial charge in [0.05, 0.1) is 38.9 Å². The smallest absolute Gasteiger partial charge is 0.268 e. The Balaban J connectivity index is 1.36. The third-order valence-electron chi connectivity index (χ3n) is 8.31. The molecule has 196 valence electrons. The summed E-state index contributed by atoms with van der Waals surface area (Å²) < 4.78 is 23.9. The number of fused-ring (bicyclic) bond motifs is 2. The fraction of sp³-hybridized carbons (Fsp3) is 1.00. The Hall–Kier alpha value is 0.0700. The van der Waals surface area contributed by atoms with E-state index in [1.807, 2.05) is 0 Å². The zero-order valence-electron chi connectivity index (χ0n) is 22.1. The third-order valence-corrected chi connectivity index (χ3v) is 9.37. The van der Waals surface area contributed by atoms with Crippen molar-refractivity contribution in [3.63, 3.8) is 0 Å². The summed E-state index contributed by atoms with van der Waals surface area (Å²) in [5.41, 5.74) is 0. The Labute approximate surface area is 205 Å². The first kappa shape index (κ1) is 29.3. The third kappa shape index (κ3) is 11.6. The van der Waals surface area contributed by atoms with Crippen LogP contribution in [0.4, 0.5) is 0 Å². The van der Waals surface area contributed by atoms with E-state index in [2.05, 4.69) is 21.0 Å². The second kappa shape index (κ2) is 15.9. The lowest BCUT2D eigenvalue weighted by molar-refractivity contribution is -0.931. The molecule has 2 aliphatic heterocycles. The molecule has 0 spiro atoms. The highest BCUT2D eigenvalue weighted by Crippen LogP contribution is 2.47. The van der Waals surface area contributed by atoms with Crippen LogP contribution in [0, 0.1) is 0 Å². The predicted octanol–water partition coefficient (Wildman–Crippen LogP) is 7.52. The molecular weight excluding hydrogens is 433 g/mol. The van der Waals surface area contributed by atoms with Crippen LogP contribution in [0.2, 0.25) is 0 Å². The van der Waals surface area contributed by atoms with Crippen LogP contribution in [-0.2, 0) is 13.6 Å². The Morgan fingerprint density at radius 1 is 0.727 bits per heavy atom. The van der Waals surface area contributed by atoms with Gasteiger partial charge in [0, 0.05) is 25.7 Å². The molecule has 6 heteroatoms. The van der Waals surface area contributed by atoms with E-state index in [-0.39, 0.29) is 12.7 Å². The van der Waals surface area contributed by atoms with Crippen molar-refractivity contribution in [1.29, 1.82) is 0 Å². The van der Waals surface area contributed by atoms with E-state index in [9.17, 15) is 9.46 Å². The minimum atomic E-state index is -4.17. The van der Waals surface area contributed by atoms with E-state index in [0.29, 0.717) is 12.1 Å². The SMILES string of the molecule is CCCCCCCCCCCCCCCCCCOP(=O)([O-])OC1CC2CCC(C1)[N+]2(C)C. The van der Waals surface area contributed by atoms with Crippen LogP contribution in [0.15, 0.2) is 0 Å². The highest BCUT2D eigenvalue weighted by Gasteiger charge is 2.49. The van der Waals surface area contributed by atoms with Crippen LogP contribution in [0.25, 0.3) is 0 Å². The molecule has 0 aromatic heterocycles. The monoisotopic (exact) mass is 487 g/mol. The van der Waals surface area contributed by atoms with E-state index >= 15 is 0 Å². The maximum absolute atomic E-state index is 12.2. The number of hydrogen-bond donors (Lipinski definition) is 0. The molecule has 33 heavy (non-hydrogen) atoms. The molecule has 0 amide bonds. The van der Waals surface area contributed by atoms with Gasteiger partial charge in [-0.2, -0.15) is 0 Å². The van der Waals surface area contributed by atoms with Crippen molar-refractivity contribution >= 4 is 7.82 Å². The van der Waals surface area contributed by atoms with Crippen molar-refractivity contribution in [3.8, 4) is 0 Å². The standard InChI is InChI=1S/C27H54NO4P/c1-4-5-6-7-8-9-10-11-12-13-14-15-16-17-18-19-22-31-33(29,30)32-27-23-25-20-21-26(24-27)28(25,2)3/h25-27H,4-24H2,1-3H3. The van der Waals surface area contributed by atoms with E-state index in [1.54, 1.807) is 0 Å². The molecule has 2 bridgehead atoms. The van der Waals surface area contributed by atoms with Gasteiger partial charge in [-0.05, 0) is 6.42 Å². The van der Waals surface area contributed by atoms with Gasteiger partial charge < -0.3 is 18.4 Å². The molecule has 3 atom stereocenters. The first-order valence-corrected chi connectivity index (χ1v) is 15.8. The molecule has 2 saturated heterocycles. The first-order chi connectivity index (χ1) is 15.8. The molecule has 2 fully saturated rings. The fourth-order valence-electron chi connectivity index (χ4n) is 5.96. The summed E-state index contributed by atoms with van der Waals surface area (Å²) in [7, 11) is 0.359. The molecule has 2 heterocycles. The molecule has 3 unspecified atom stereocenters. The molecular formula is C27H54NO4P. The molecule has 0 aliphatic carbocycles. The zero-order valence-corrected chi connectivity index (χ0v) is 23.0. The number of unbranched alkanes of at least 4 members (excludes halogenated alkanes) is 15. The number of nitrogens with zero attached hydrogens (tertiary/aromatic N) is 1. The lowest BCUT2D eigenvalue weighted by Crippen LogP contribution is -2.56. The second-order valence-electron chi connectivity index (χ2n) is 11.3. The van der Waals surface area contributed by atoms with E-state index in [4.69, 9.17) is 9.05 Å². The van der Waals surface area contributed by atoms with Crippen LogP contribution in [0.1, 0.15) is 135 Å². The highest BCUT2D eigenvalue weighted by molar-refractivity contribution is 7.45. The van der Waals surface area contributed by atoms with Crippen LogP contribution in [-0.4, -0.2) is 43.4 Å². The molecule has 0 saturated carbocycles. The molecule has 0 N–H and O–H groups in total. The van der Waals surface area contributed by atoms with Crippen molar-refractivity contribution in [1.82, 2.24) is 0 Å². The topological polar surface area (TPSA) is 58.6 Å². The largest absolute Gasteiger partial charge is 0.756 e. The molecule has 2 aliphatic rings. The number of phosphoric acid groups is 1. The number of rotatable bonds is 20. The molecule has 2 rings (SSSR count). The zero-order chi connectivity index (χ0) is 24.0. The number of phosphoric ester groups is 1. The van der Waals surface area contributed by atoms with E-state index in [0.717, 1.165) is 30.2 Å². The summed E-state index contributed by atoms with van der Waals surface area (Å²) in [6, 6.07) is 1.04. The summed E-state index contributed by atoms with van der Waals surface area (Å²) in [5, 5.41) is 0. The van der Waals surface area contributed by atoms with Crippen molar-refractivity contribution < 1.29 is 23.0 Å². The lowest BCUT2D eigenvalue weighted by atomic mass is 9.98. The van der Waals surface area contributed by atoms with E-state index in [1.165, 1.54) is 103 Å². The average molecular weight is 488 g/mol. The van der Waals surface area contributed by atoms with Gasteiger partial charge in [-0.25, -0.2) is 0 Å². The molecule has 0 aromatic rings. The summed E-state index contributed by atoms with van der Waals surface area (Å²) >= 11 is 0. The number of hydrogen-bond acceptors (Lipinski definition) is 4. The van der Waals surface area contributed by atoms with Gasteiger partial charge in [-0.3, -0.25) is 4.57 Å². The van der Waals surface area contributed by atoms with Crippen molar-refractivity contribution in [3.05, 3.63) is 0 Å². The molecule has 0 aromatic carbocycles. The first-order valence-electron chi connectivity index (χ1n) is 14.3. The van der Waals surface area contributed by atoms with Crippen LogP contribution >= 0.6 is 7.82 Å². The van der Waals surface area contributed by atoms with Crippen molar-refractivity contribution in [2.45, 2.75) is 154 Å². The van der Waals surface area contributed by atoms with Gasteiger partial charge in [0.15, 0.2) is 0 Å². The fourth-order valence-corrected chi connectivity index (χ4v) is 6.91. The van der Waals surface area contributed by atoms with Gasteiger partial charge in [0.1, 0.15) is 0 Å². The highest BCUT2D eigenvalue weighted by atomic mass is 31.2. The maximum Gasteiger partial charge on any atom is 0.268 e.